The number of fused-ring (bicyclic) bond motifs is 1. The molecule has 208 valence electrons. The van der Waals surface area contributed by atoms with E-state index in [-0.39, 0.29) is 47.6 Å². The van der Waals surface area contributed by atoms with Crippen LogP contribution in [0.1, 0.15) is 41.3 Å². The lowest BCUT2D eigenvalue weighted by Crippen LogP contribution is -2.46. The van der Waals surface area contributed by atoms with E-state index in [0.29, 0.717) is 34.4 Å². The fourth-order valence-corrected chi connectivity index (χ4v) is 4.65. The van der Waals surface area contributed by atoms with E-state index >= 15 is 0 Å². The molecule has 0 bridgehead atoms. The number of halogens is 5. The van der Waals surface area contributed by atoms with Crippen molar-refractivity contribution >= 4 is 53.2 Å². The Labute approximate surface area is 232 Å². The standard InChI is InChI=1S/C26H25Cl2F3N4O4/c1-14(34-23-19(27)9-16(10-20(23)28)26(29,30)31)15(11-32)13-39-22-7-3-5-17-18(22)12-35(25(17)38)21(6-4-8-36)24(37)33-2/h3,5,7-11,21,32,34H,4,6,12-13H2,1-2H3,(H,33,37)/b15-14+,32-11?. The Balaban J connectivity index is 1.82. The van der Waals surface area contributed by atoms with Gasteiger partial charge in [-0.05, 0) is 37.6 Å². The van der Waals surface area contributed by atoms with Gasteiger partial charge in [-0.15, -0.1) is 0 Å². The summed E-state index contributed by atoms with van der Waals surface area (Å²) in [6.07, 6.45) is -2.65. The van der Waals surface area contributed by atoms with E-state index in [1.807, 2.05) is 0 Å². The Morgan fingerprint density at radius 1 is 1.26 bits per heavy atom. The SMILES string of the molecule is CNC(=O)C(CCC=O)N1Cc2c(OC/C(C=N)=C(\C)Nc3c(Cl)cc(C(F)(F)F)cc3Cl)cccc2C1=O. The van der Waals surface area contributed by atoms with E-state index < -0.39 is 23.7 Å². The van der Waals surface area contributed by atoms with Crippen molar-refractivity contribution in [1.29, 1.82) is 5.41 Å². The number of likely N-dealkylation sites (N-methyl/N-ethyl adjacent to an activating group) is 1. The largest absolute Gasteiger partial charge is 0.488 e. The van der Waals surface area contributed by atoms with Crippen molar-refractivity contribution in [1.82, 2.24) is 10.2 Å². The smallest absolute Gasteiger partial charge is 0.416 e. The normalized spacial score (nSPS) is 14.3. The van der Waals surface area contributed by atoms with Crippen molar-refractivity contribution in [2.45, 2.75) is 38.5 Å². The molecule has 8 nitrogen and oxygen atoms in total. The molecule has 0 aliphatic carbocycles. The first-order valence-corrected chi connectivity index (χ1v) is 12.4. The fourth-order valence-electron chi connectivity index (χ4n) is 4.07. The van der Waals surface area contributed by atoms with Gasteiger partial charge in [-0.25, -0.2) is 0 Å². The number of allylic oxidation sites excluding steroid dienone is 1. The van der Waals surface area contributed by atoms with Gasteiger partial charge in [0.05, 0.1) is 27.8 Å². The second-order valence-corrected chi connectivity index (χ2v) is 9.42. The van der Waals surface area contributed by atoms with Crippen LogP contribution in [0.2, 0.25) is 10.0 Å². The molecule has 1 atom stereocenters. The highest BCUT2D eigenvalue weighted by molar-refractivity contribution is 6.39. The van der Waals surface area contributed by atoms with Gasteiger partial charge in [0.2, 0.25) is 5.91 Å². The minimum absolute atomic E-state index is 0.0422. The molecule has 2 aromatic rings. The van der Waals surface area contributed by atoms with Gasteiger partial charge in [0.25, 0.3) is 5.91 Å². The van der Waals surface area contributed by atoms with Crippen molar-refractivity contribution in [3.8, 4) is 5.75 Å². The third-order valence-corrected chi connectivity index (χ3v) is 6.75. The second kappa shape index (κ2) is 12.5. The molecule has 1 aliphatic heterocycles. The number of aldehydes is 1. The number of ether oxygens (including phenoxy) is 1. The quantitative estimate of drug-likeness (QED) is 0.239. The van der Waals surface area contributed by atoms with Crippen LogP contribution in [-0.2, 0) is 22.3 Å². The summed E-state index contributed by atoms with van der Waals surface area (Å²) < 4.78 is 45.0. The van der Waals surface area contributed by atoms with Gasteiger partial charge in [-0.1, -0.05) is 29.3 Å². The van der Waals surface area contributed by atoms with Crippen molar-refractivity contribution < 1.29 is 32.3 Å². The third-order valence-electron chi connectivity index (χ3n) is 6.16. The van der Waals surface area contributed by atoms with Crippen LogP contribution in [0.25, 0.3) is 0 Å². The molecule has 0 saturated heterocycles. The average Bonchev–Trinajstić information content (AvgIpc) is 3.22. The van der Waals surface area contributed by atoms with Crippen LogP contribution in [0, 0.1) is 5.41 Å². The third kappa shape index (κ3) is 6.72. The molecule has 0 saturated carbocycles. The Morgan fingerprint density at radius 2 is 1.92 bits per heavy atom. The summed E-state index contributed by atoms with van der Waals surface area (Å²) in [5.41, 5.74) is 0.631. The zero-order valence-electron chi connectivity index (χ0n) is 20.9. The number of benzene rings is 2. The molecule has 2 amide bonds. The number of nitrogens with one attached hydrogen (secondary N) is 3. The number of hydrogen-bond donors (Lipinski definition) is 3. The van der Waals surface area contributed by atoms with E-state index in [4.69, 9.17) is 33.3 Å². The average molecular weight is 585 g/mol. The van der Waals surface area contributed by atoms with E-state index in [9.17, 15) is 27.6 Å². The molecule has 13 heteroatoms. The van der Waals surface area contributed by atoms with Gasteiger partial charge in [-0.2, -0.15) is 13.2 Å². The van der Waals surface area contributed by atoms with Gasteiger partial charge >= 0.3 is 6.18 Å². The van der Waals surface area contributed by atoms with E-state index in [2.05, 4.69) is 10.6 Å². The number of nitrogens with zero attached hydrogens (tertiary/aromatic N) is 1. The maximum Gasteiger partial charge on any atom is 0.416 e. The molecular weight excluding hydrogens is 560 g/mol. The molecule has 1 unspecified atom stereocenters. The Hall–Kier alpha value is -3.57. The molecule has 0 radical (unpaired) electrons. The van der Waals surface area contributed by atoms with Crippen molar-refractivity contribution in [3.63, 3.8) is 0 Å². The molecule has 39 heavy (non-hydrogen) atoms. The number of alkyl halides is 3. The minimum Gasteiger partial charge on any atom is -0.488 e. The number of rotatable bonds is 11. The van der Waals surface area contributed by atoms with Crippen molar-refractivity contribution in [2.75, 3.05) is 19.0 Å². The molecule has 3 N–H and O–H groups in total. The molecule has 1 heterocycles. The summed E-state index contributed by atoms with van der Waals surface area (Å²) in [6, 6.07) is 5.54. The number of carbonyl (C=O) groups excluding carboxylic acids is 3. The first kappa shape index (κ1) is 30.0. The van der Waals surface area contributed by atoms with Crippen LogP contribution < -0.4 is 15.4 Å². The van der Waals surface area contributed by atoms with Crippen LogP contribution in [0.3, 0.4) is 0 Å². The highest BCUT2D eigenvalue weighted by atomic mass is 35.5. The first-order valence-electron chi connectivity index (χ1n) is 11.7. The maximum absolute atomic E-state index is 13.1. The van der Waals surface area contributed by atoms with Gasteiger partial charge in [-0.3, -0.25) is 9.59 Å². The second-order valence-electron chi connectivity index (χ2n) is 8.61. The lowest BCUT2D eigenvalue weighted by molar-refractivity contribution is -0.137. The predicted octanol–water partition coefficient (Wildman–Crippen LogP) is 5.48. The van der Waals surface area contributed by atoms with E-state index in [0.717, 1.165) is 18.3 Å². The minimum atomic E-state index is -4.62. The molecule has 0 spiro atoms. The number of carbonyl (C=O) groups is 3. The maximum atomic E-state index is 13.1. The summed E-state index contributed by atoms with van der Waals surface area (Å²) in [4.78, 5) is 37.8. The summed E-state index contributed by atoms with van der Waals surface area (Å²) in [5.74, 6) is -0.411. The topological polar surface area (TPSA) is 112 Å². The number of anilines is 1. The van der Waals surface area contributed by atoms with Crippen LogP contribution in [0.5, 0.6) is 5.75 Å². The fraction of sp³-hybridized carbons (Fsp3) is 0.308. The molecule has 2 aromatic carbocycles. The molecular formula is C26H25Cl2F3N4O4. The van der Waals surface area contributed by atoms with E-state index in [1.165, 1.54) is 11.9 Å². The molecule has 1 aliphatic rings. The molecule has 0 fully saturated rings. The summed E-state index contributed by atoms with van der Waals surface area (Å²) in [7, 11) is 1.45. The summed E-state index contributed by atoms with van der Waals surface area (Å²) in [6.45, 7) is 1.53. The van der Waals surface area contributed by atoms with Gasteiger partial charge in [0, 0.05) is 42.1 Å². The molecule has 3 rings (SSSR count). The van der Waals surface area contributed by atoms with Crippen molar-refractivity contribution in [2.24, 2.45) is 0 Å². The predicted molar refractivity (Wildman–Crippen MR) is 142 cm³/mol. The zero-order chi connectivity index (χ0) is 28.9. The Morgan fingerprint density at radius 3 is 2.49 bits per heavy atom. The highest BCUT2D eigenvalue weighted by Crippen LogP contribution is 2.39. The van der Waals surface area contributed by atoms with Crippen LogP contribution >= 0.6 is 23.2 Å². The zero-order valence-corrected chi connectivity index (χ0v) is 22.4. The summed E-state index contributed by atoms with van der Waals surface area (Å²) in [5, 5.41) is 12.7. The van der Waals surface area contributed by atoms with Gasteiger partial charge in [0.15, 0.2) is 0 Å². The monoisotopic (exact) mass is 584 g/mol. The van der Waals surface area contributed by atoms with Gasteiger partial charge < -0.3 is 30.5 Å². The van der Waals surface area contributed by atoms with Crippen LogP contribution in [0.4, 0.5) is 18.9 Å². The number of hydrogen-bond acceptors (Lipinski definition) is 6. The van der Waals surface area contributed by atoms with Crippen molar-refractivity contribution in [3.05, 3.63) is 68.3 Å². The Bertz CT molecular complexity index is 1310. The lowest BCUT2D eigenvalue weighted by atomic mass is 10.1. The summed E-state index contributed by atoms with van der Waals surface area (Å²) >= 11 is 12.1. The highest BCUT2D eigenvalue weighted by Gasteiger charge is 2.37. The Kier molecular flexibility index (Phi) is 9.63. The van der Waals surface area contributed by atoms with Crippen LogP contribution in [-0.4, -0.2) is 48.9 Å². The molecule has 0 aromatic heterocycles. The van der Waals surface area contributed by atoms with Crippen LogP contribution in [0.15, 0.2) is 41.6 Å². The number of amides is 2. The van der Waals surface area contributed by atoms with E-state index in [1.54, 1.807) is 25.1 Å². The van der Waals surface area contributed by atoms with Gasteiger partial charge in [0.1, 0.15) is 24.7 Å². The lowest BCUT2D eigenvalue weighted by Gasteiger charge is -2.25. The first-order chi connectivity index (χ1) is 18.4.